The third kappa shape index (κ3) is 5.85. The number of aliphatic hydroxyl groups excluding tert-OH is 2. The molecule has 28 heavy (non-hydrogen) atoms. The molecule has 1 rings (SSSR count). The molecule has 0 aliphatic heterocycles. The van der Waals surface area contributed by atoms with E-state index in [1.54, 1.807) is 20.0 Å². The van der Waals surface area contributed by atoms with Crippen LogP contribution in [0.2, 0.25) is 0 Å². The number of nitriles is 1. The van der Waals surface area contributed by atoms with Crippen molar-refractivity contribution in [3.05, 3.63) is 11.1 Å². The molecule has 0 spiro atoms. The minimum atomic E-state index is -2.87. The van der Waals surface area contributed by atoms with Gasteiger partial charge in [-0.3, -0.25) is 4.79 Å². The molecule has 1 aliphatic rings. The van der Waals surface area contributed by atoms with Gasteiger partial charge in [0, 0.05) is 18.9 Å². The second-order valence-corrected chi connectivity index (χ2v) is 6.14. The Bertz CT molecular complexity index is 627. The van der Waals surface area contributed by atoms with E-state index in [2.05, 4.69) is 10.6 Å². The summed E-state index contributed by atoms with van der Waals surface area (Å²) >= 11 is 0. The number of amides is 1. The van der Waals surface area contributed by atoms with Crippen molar-refractivity contribution in [2.45, 2.75) is 70.6 Å². The van der Waals surface area contributed by atoms with Crippen LogP contribution in [0.1, 0.15) is 33.6 Å². The Morgan fingerprint density at radius 3 is 2.36 bits per heavy atom. The second-order valence-electron chi connectivity index (χ2n) is 6.14. The first-order chi connectivity index (χ1) is 13.2. The third-order valence-electron chi connectivity index (χ3n) is 4.28. The van der Waals surface area contributed by atoms with Crippen LogP contribution in [-0.4, -0.2) is 65.7 Å². The lowest BCUT2D eigenvalue weighted by atomic mass is 9.80. The average molecular weight is 405 g/mol. The van der Waals surface area contributed by atoms with Gasteiger partial charge in [0.2, 0.25) is 18.6 Å². The number of nitrogens with zero attached hydrogens (tertiary/aromatic N) is 1. The molecule has 11 heteroatoms. The van der Waals surface area contributed by atoms with E-state index in [0.29, 0.717) is 0 Å². The maximum atomic E-state index is 13.4. The zero-order valence-corrected chi connectivity index (χ0v) is 15.8. The van der Waals surface area contributed by atoms with Crippen LogP contribution >= 0.6 is 0 Å². The van der Waals surface area contributed by atoms with Gasteiger partial charge >= 0.3 is 5.97 Å². The van der Waals surface area contributed by atoms with Gasteiger partial charge in [0.15, 0.2) is 12.3 Å². The number of hydrogen-bond donors (Lipinski definition) is 4. The first-order valence-electron chi connectivity index (χ1n) is 8.78. The normalized spacial score (nSPS) is 25.3. The van der Waals surface area contributed by atoms with Crippen LogP contribution in [0.3, 0.4) is 0 Å². The molecular formula is C17H25F2N3O6. The highest BCUT2D eigenvalue weighted by atomic mass is 19.2. The van der Waals surface area contributed by atoms with E-state index in [4.69, 9.17) is 24.9 Å². The molecule has 0 bridgehead atoms. The van der Waals surface area contributed by atoms with E-state index in [0.717, 1.165) is 0 Å². The molecule has 0 saturated heterocycles. The smallest absolute Gasteiger partial charge is 0.334 e. The number of rotatable bonds is 9. The number of nitrogens with one attached hydrogen (secondary N) is 2. The molecule has 0 aromatic carbocycles. The number of hydrogen-bond acceptors (Lipinski definition) is 8. The van der Waals surface area contributed by atoms with Crippen molar-refractivity contribution in [3.8, 4) is 6.19 Å². The second kappa shape index (κ2) is 10.9. The van der Waals surface area contributed by atoms with Crippen molar-refractivity contribution in [2.75, 3.05) is 6.61 Å². The molecule has 0 radical (unpaired) electrons. The van der Waals surface area contributed by atoms with Crippen LogP contribution in [0, 0.1) is 11.5 Å². The predicted molar refractivity (Wildman–Crippen MR) is 91.6 cm³/mol. The Balaban J connectivity index is 3.48. The van der Waals surface area contributed by atoms with E-state index < -0.39 is 48.9 Å². The Labute approximate surface area is 161 Å². The van der Waals surface area contributed by atoms with Gasteiger partial charge in [0.1, 0.15) is 6.10 Å². The summed E-state index contributed by atoms with van der Waals surface area (Å²) in [6.07, 6.45) is -7.46. The fourth-order valence-electron chi connectivity index (χ4n) is 3.16. The van der Waals surface area contributed by atoms with Crippen molar-refractivity contribution in [1.82, 2.24) is 10.6 Å². The quantitative estimate of drug-likeness (QED) is 0.237. The van der Waals surface area contributed by atoms with Crippen LogP contribution in [0.5, 0.6) is 0 Å². The summed E-state index contributed by atoms with van der Waals surface area (Å²) in [5.74, 6) is -1.21. The molecule has 0 aromatic heterocycles. The van der Waals surface area contributed by atoms with Gasteiger partial charge < -0.3 is 30.3 Å². The van der Waals surface area contributed by atoms with Gasteiger partial charge in [-0.25, -0.2) is 13.6 Å². The number of aliphatic hydroxyl groups is 2. The molecule has 4 N–H and O–H groups in total. The van der Waals surface area contributed by atoms with E-state index in [9.17, 15) is 18.4 Å². The summed E-state index contributed by atoms with van der Waals surface area (Å²) in [7, 11) is 0. The lowest BCUT2D eigenvalue weighted by molar-refractivity contribution is -0.198. The number of carbonyl (C=O) groups is 2. The van der Waals surface area contributed by atoms with Crippen molar-refractivity contribution >= 4 is 11.9 Å². The topological polar surface area (TPSA) is 141 Å². The first-order valence-corrected chi connectivity index (χ1v) is 8.78. The molecule has 1 unspecified atom stereocenters. The van der Waals surface area contributed by atoms with E-state index in [-0.39, 0.29) is 30.6 Å². The molecule has 9 nitrogen and oxygen atoms in total. The molecule has 0 fully saturated rings. The number of halogens is 2. The standard InChI is InChI=1S/C17H25F2N3O6/c1-4-9-10(17(26)27-5-2)6-11(21-7-20)12(22-8(3)23)13(9)28-14(15(18)24)16(19)25/h11-16,21,24-25H,4-6H2,1-3H3,(H,22,23)/t11-,12+,13+,14?,15-,16+/m0/s1. The summed E-state index contributed by atoms with van der Waals surface area (Å²) < 4.78 is 37.1. The Morgan fingerprint density at radius 1 is 1.32 bits per heavy atom. The molecule has 0 aromatic rings. The number of ether oxygens (including phenoxy) is 2. The molecular weight excluding hydrogens is 380 g/mol. The molecule has 0 heterocycles. The van der Waals surface area contributed by atoms with Crippen molar-refractivity contribution in [3.63, 3.8) is 0 Å². The van der Waals surface area contributed by atoms with Gasteiger partial charge in [-0.1, -0.05) is 6.92 Å². The lowest BCUT2D eigenvalue weighted by Crippen LogP contribution is -2.60. The van der Waals surface area contributed by atoms with Crippen LogP contribution in [0.25, 0.3) is 0 Å². The zero-order valence-electron chi connectivity index (χ0n) is 15.8. The Kier molecular flexibility index (Phi) is 9.24. The van der Waals surface area contributed by atoms with Crippen molar-refractivity contribution in [1.29, 1.82) is 5.26 Å². The highest BCUT2D eigenvalue weighted by molar-refractivity contribution is 5.90. The Hall–Kier alpha value is -2.29. The summed E-state index contributed by atoms with van der Waals surface area (Å²) in [5, 5.41) is 32.2. The fraction of sp³-hybridized carbons (Fsp3) is 0.706. The van der Waals surface area contributed by atoms with Gasteiger partial charge in [0.25, 0.3) is 0 Å². The minimum Gasteiger partial charge on any atom is -0.463 e. The fourth-order valence-corrected chi connectivity index (χ4v) is 3.16. The summed E-state index contributed by atoms with van der Waals surface area (Å²) in [6, 6.07) is -1.87. The maximum absolute atomic E-state index is 13.4. The van der Waals surface area contributed by atoms with Gasteiger partial charge in [0.05, 0.1) is 18.7 Å². The first kappa shape index (κ1) is 23.7. The number of carbonyl (C=O) groups excluding carboxylic acids is 2. The monoisotopic (exact) mass is 405 g/mol. The van der Waals surface area contributed by atoms with Gasteiger partial charge in [-0.15, -0.1) is 0 Å². The predicted octanol–water partition coefficient (Wildman–Crippen LogP) is -0.0666. The Morgan fingerprint density at radius 2 is 1.93 bits per heavy atom. The molecule has 6 atom stereocenters. The average Bonchev–Trinajstić information content (AvgIpc) is 2.60. The van der Waals surface area contributed by atoms with E-state index in [1.165, 1.54) is 6.92 Å². The molecule has 0 saturated carbocycles. The minimum absolute atomic E-state index is 0.0125. The van der Waals surface area contributed by atoms with Crippen molar-refractivity contribution < 1.29 is 38.1 Å². The van der Waals surface area contributed by atoms with Crippen LogP contribution < -0.4 is 10.6 Å². The number of esters is 1. The highest BCUT2D eigenvalue weighted by Gasteiger charge is 2.44. The van der Waals surface area contributed by atoms with Crippen molar-refractivity contribution in [2.24, 2.45) is 0 Å². The van der Waals surface area contributed by atoms with E-state index >= 15 is 0 Å². The SMILES string of the molecule is CCOC(=O)C1=C(CC)[C@@H](OC([C@H](O)F)[C@@H](O)F)[C@H](NC(C)=O)[C@@H](NC#N)C1. The molecule has 1 aliphatic carbocycles. The van der Waals surface area contributed by atoms with Gasteiger partial charge in [-0.05, 0) is 18.9 Å². The van der Waals surface area contributed by atoms with Crippen LogP contribution in [0.4, 0.5) is 8.78 Å². The van der Waals surface area contributed by atoms with Gasteiger partial charge in [-0.2, -0.15) is 5.26 Å². The molecule has 1 amide bonds. The zero-order chi connectivity index (χ0) is 21.4. The van der Waals surface area contributed by atoms with E-state index in [1.807, 2.05) is 0 Å². The number of alkyl halides is 2. The lowest BCUT2D eigenvalue weighted by Gasteiger charge is -2.41. The maximum Gasteiger partial charge on any atom is 0.334 e. The van der Waals surface area contributed by atoms with Crippen LogP contribution in [0.15, 0.2) is 11.1 Å². The summed E-state index contributed by atoms with van der Waals surface area (Å²) in [5.41, 5.74) is 0.406. The molecule has 158 valence electrons. The van der Waals surface area contributed by atoms with Crippen LogP contribution in [-0.2, 0) is 19.1 Å². The summed E-state index contributed by atoms with van der Waals surface area (Å²) in [6.45, 7) is 4.52. The summed E-state index contributed by atoms with van der Waals surface area (Å²) in [4.78, 5) is 24.0. The highest BCUT2D eigenvalue weighted by Crippen LogP contribution is 2.33. The largest absolute Gasteiger partial charge is 0.463 e. The third-order valence-corrected chi connectivity index (χ3v) is 4.28.